The topological polar surface area (TPSA) is 76.2 Å². The minimum absolute atomic E-state index is 0.0461. The van der Waals surface area contributed by atoms with E-state index in [-0.39, 0.29) is 11.9 Å². The van der Waals surface area contributed by atoms with E-state index >= 15 is 0 Å². The molecule has 7 nitrogen and oxygen atoms in total. The predicted octanol–water partition coefficient (Wildman–Crippen LogP) is 1.49. The van der Waals surface area contributed by atoms with Gasteiger partial charge in [0.05, 0.1) is 18.1 Å². The van der Waals surface area contributed by atoms with E-state index in [0.717, 1.165) is 25.1 Å². The molecule has 1 atom stereocenters. The number of imidazole rings is 1. The Morgan fingerprint density at radius 3 is 3.05 bits per heavy atom. The monoisotopic (exact) mass is 303 g/mol. The molecule has 2 aromatic rings. The van der Waals surface area contributed by atoms with Gasteiger partial charge in [0.25, 0.3) is 0 Å². The molecular formula is C15H21N5O2. The Morgan fingerprint density at radius 2 is 2.36 bits per heavy atom. The third-order valence-electron chi connectivity index (χ3n) is 4.14. The summed E-state index contributed by atoms with van der Waals surface area (Å²) < 4.78 is 7.04. The quantitative estimate of drug-likeness (QED) is 0.926. The van der Waals surface area contributed by atoms with Crippen molar-refractivity contribution in [2.24, 2.45) is 7.05 Å². The minimum atomic E-state index is -0.188. The molecule has 1 amide bonds. The maximum Gasteiger partial charge on any atom is 0.242 e. The zero-order valence-corrected chi connectivity index (χ0v) is 13.2. The van der Waals surface area contributed by atoms with E-state index in [1.807, 2.05) is 20.3 Å². The highest BCUT2D eigenvalue weighted by atomic mass is 16.5. The summed E-state index contributed by atoms with van der Waals surface area (Å²) in [6.07, 6.45) is 3.50. The van der Waals surface area contributed by atoms with Gasteiger partial charge in [-0.25, -0.2) is 4.98 Å². The van der Waals surface area contributed by atoms with Crippen molar-refractivity contribution >= 4 is 11.7 Å². The van der Waals surface area contributed by atoms with Gasteiger partial charge in [-0.1, -0.05) is 12.1 Å². The molecule has 0 bridgehead atoms. The maximum atomic E-state index is 12.5. The van der Waals surface area contributed by atoms with Gasteiger partial charge < -0.3 is 14.4 Å². The van der Waals surface area contributed by atoms with Gasteiger partial charge in [-0.2, -0.15) is 0 Å². The molecule has 7 heteroatoms. The highest BCUT2D eigenvalue weighted by Gasteiger charge is 2.29. The Morgan fingerprint density at radius 1 is 1.55 bits per heavy atom. The fraction of sp³-hybridized carbons (Fsp3) is 0.533. The molecule has 1 N–H and O–H groups in total. The lowest BCUT2D eigenvalue weighted by Crippen LogP contribution is -2.46. The summed E-state index contributed by atoms with van der Waals surface area (Å²) in [6, 6.07) is 1.53. The molecule has 3 heterocycles. The number of hydrogen-bond donors (Lipinski definition) is 1. The summed E-state index contributed by atoms with van der Waals surface area (Å²) >= 11 is 0. The van der Waals surface area contributed by atoms with Crippen molar-refractivity contribution in [2.75, 3.05) is 11.9 Å². The molecule has 0 aromatic carbocycles. The fourth-order valence-electron chi connectivity index (χ4n) is 2.99. The molecule has 0 fully saturated rings. The SMILES string of the molecule is CCC(C(=O)Nc1cc(C)on1)N1CCc2c(ncn2C)C1. The van der Waals surface area contributed by atoms with Crippen LogP contribution in [0.25, 0.3) is 0 Å². The molecular weight excluding hydrogens is 282 g/mol. The number of aromatic nitrogens is 3. The van der Waals surface area contributed by atoms with Crippen molar-refractivity contribution in [3.63, 3.8) is 0 Å². The zero-order valence-electron chi connectivity index (χ0n) is 13.2. The van der Waals surface area contributed by atoms with Gasteiger partial charge in [-0.3, -0.25) is 9.69 Å². The molecule has 1 unspecified atom stereocenters. The van der Waals surface area contributed by atoms with Crippen LogP contribution in [0.15, 0.2) is 16.9 Å². The molecule has 22 heavy (non-hydrogen) atoms. The van der Waals surface area contributed by atoms with Gasteiger partial charge in [0.15, 0.2) is 5.82 Å². The van der Waals surface area contributed by atoms with E-state index in [2.05, 4.69) is 24.9 Å². The number of anilines is 1. The van der Waals surface area contributed by atoms with Gasteiger partial charge in [-0.05, 0) is 13.3 Å². The van der Waals surface area contributed by atoms with Crippen molar-refractivity contribution in [1.29, 1.82) is 0 Å². The normalized spacial score (nSPS) is 16.3. The molecule has 0 saturated heterocycles. The van der Waals surface area contributed by atoms with Crippen LogP contribution in [0.3, 0.4) is 0 Å². The second kappa shape index (κ2) is 5.92. The van der Waals surface area contributed by atoms with E-state index in [1.54, 1.807) is 13.0 Å². The standard InChI is InChI=1S/C15H21N5O2/c1-4-12(15(21)17-14-7-10(2)22-18-14)20-6-5-13-11(8-20)16-9-19(13)3/h7,9,12H,4-6,8H2,1-3H3,(H,17,18,21). The molecule has 0 radical (unpaired) electrons. The summed E-state index contributed by atoms with van der Waals surface area (Å²) in [5, 5.41) is 6.64. The zero-order chi connectivity index (χ0) is 15.7. The average molecular weight is 303 g/mol. The number of hydrogen-bond acceptors (Lipinski definition) is 5. The average Bonchev–Trinajstić information content (AvgIpc) is 3.06. The number of amides is 1. The van der Waals surface area contributed by atoms with Gasteiger partial charge >= 0.3 is 0 Å². The van der Waals surface area contributed by atoms with Gasteiger partial charge in [0, 0.05) is 38.3 Å². The number of fused-ring (bicyclic) bond motifs is 1. The predicted molar refractivity (Wildman–Crippen MR) is 81.3 cm³/mol. The Bertz CT molecular complexity index is 675. The first-order valence-electron chi connectivity index (χ1n) is 7.55. The van der Waals surface area contributed by atoms with Crippen LogP contribution in [0, 0.1) is 6.92 Å². The van der Waals surface area contributed by atoms with Crippen LogP contribution >= 0.6 is 0 Å². The van der Waals surface area contributed by atoms with E-state index in [9.17, 15) is 4.79 Å². The number of nitrogens with zero attached hydrogens (tertiary/aromatic N) is 4. The Labute approximate surface area is 129 Å². The first kappa shape index (κ1) is 14.8. The Balaban J connectivity index is 1.70. The fourth-order valence-corrected chi connectivity index (χ4v) is 2.99. The highest BCUT2D eigenvalue weighted by molar-refractivity contribution is 5.94. The first-order chi connectivity index (χ1) is 10.6. The second-order valence-corrected chi connectivity index (χ2v) is 5.71. The molecule has 3 rings (SSSR count). The maximum absolute atomic E-state index is 12.5. The van der Waals surface area contributed by atoms with Crippen molar-refractivity contribution in [3.8, 4) is 0 Å². The summed E-state index contributed by atoms with van der Waals surface area (Å²) in [6.45, 7) is 5.38. The molecule has 118 valence electrons. The van der Waals surface area contributed by atoms with Crippen molar-refractivity contribution in [1.82, 2.24) is 19.6 Å². The summed E-state index contributed by atoms with van der Waals surface area (Å²) in [5.41, 5.74) is 2.33. The number of aryl methyl sites for hydroxylation is 2. The van der Waals surface area contributed by atoms with Gasteiger partial charge in [-0.15, -0.1) is 0 Å². The summed E-state index contributed by atoms with van der Waals surface area (Å²) in [4.78, 5) is 19.1. The van der Waals surface area contributed by atoms with Crippen LogP contribution in [0.1, 0.15) is 30.5 Å². The van der Waals surface area contributed by atoms with Crippen LogP contribution in [0.2, 0.25) is 0 Å². The van der Waals surface area contributed by atoms with Crippen molar-refractivity contribution in [2.45, 2.75) is 39.3 Å². The van der Waals surface area contributed by atoms with E-state index in [0.29, 0.717) is 18.1 Å². The van der Waals surface area contributed by atoms with E-state index in [4.69, 9.17) is 4.52 Å². The van der Waals surface area contributed by atoms with Gasteiger partial charge in [0.2, 0.25) is 5.91 Å². The van der Waals surface area contributed by atoms with Crippen molar-refractivity contribution in [3.05, 3.63) is 29.5 Å². The summed E-state index contributed by atoms with van der Waals surface area (Å²) in [5.74, 6) is 1.10. The Hall–Kier alpha value is -2.15. The highest BCUT2D eigenvalue weighted by Crippen LogP contribution is 2.21. The van der Waals surface area contributed by atoms with E-state index < -0.39 is 0 Å². The summed E-state index contributed by atoms with van der Waals surface area (Å²) in [7, 11) is 2.01. The second-order valence-electron chi connectivity index (χ2n) is 5.71. The molecule has 0 spiro atoms. The van der Waals surface area contributed by atoms with Crippen LogP contribution in [-0.2, 0) is 24.8 Å². The molecule has 1 aliphatic rings. The lowest BCUT2D eigenvalue weighted by Gasteiger charge is -2.32. The molecule has 1 aliphatic heterocycles. The largest absolute Gasteiger partial charge is 0.360 e. The third kappa shape index (κ3) is 2.76. The van der Waals surface area contributed by atoms with Crippen molar-refractivity contribution < 1.29 is 9.32 Å². The number of carbonyl (C=O) groups excluding carboxylic acids is 1. The molecule has 0 saturated carbocycles. The van der Waals surface area contributed by atoms with E-state index in [1.165, 1.54) is 5.69 Å². The Kier molecular flexibility index (Phi) is 3.98. The number of rotatable bonds is 4. The van der Waals surface area contributed by atoms with Crippen LogP contribution in [0.4, 0.5) is 5.82 Å². The first-order valence-corrected chi connectivity index (χ1v) is 7.55. The van der Waals surface area contributed by atoms with Crippen LogP contribution < -0.4 is 5.32 Å². The number of nitrogens with one attached hydrogen (secondary N) is 1. The van der Waals surface area contributed by atoms with Crippen LogP contribution in [-0.4, -0.2) is 38.1 Å². The lowest BCUT2D eigenvalue weighted by atomic mass is 10.1. The lowest BCUT2D eigenvalue weighted by molar-refractivity contribution is -0.121. The molecule has 2 aromatic heterocycles. The van der Waals surface area contributed by atoms with Gasteiger partial charge in [0.1, 0.15) is 5.76 Å². The number of carbonyl (C=O) groups is 1. The smallest absolute Gasteiger partial charge is 0.242 e. The third-order valence-corrected chi connectivity index (χ3v) is 4.14. The molecule has 0 aliphatic carbocycles. The minimum Gasteiger partial charge on any atom is -0.360 e. The van der Waals surface area contributed by atoms with Crippen LogP contribution in [0.5, 0.6) is 0 Å².